The van der Waals surface area contributed by atoms with E-state index in [-0.39, 0.29) is 5.91 Å². The zero-order valence-corrected chi connectivity index (χ0v) is 13.2. The Bertz CT molecular complexity index is 891. The highest BCUT2D eigenvalue weighted by molar-refractivity contribution is 5.97. The molecule has 4 rings (SSSR count). The fourth-order valence-corrected chi connectivity index (χ4v) is 3.36. The van der Waals surface area contributed by atoms with Crippen LogP contribution in [0.1, 0.15) is 24.0 Å². The number of amides is 1. The second-order valence-corrected chi connectivity index (χ2v) is 5.93. The van der Waals surface area contributed by atoms with E-state index in [0.717, 1.165) is 46.7 Å². The molecule has 0 N–H and O–H groups in total. The average Bonchev–Trinajstić information content (AvgIpc) is 3.15. The summed E-state index contributed by atoms with van der Waals surface area (Å²) >= 11 is 0. The monoisotopic (exact) mass is 307 g/mol. The molecule has 1 aliphatic rings. The number of anilines is 1. The van der Waals surface area contributed by atoms with Crippen LogP contribution in [0.15, 0.2) is 30.9 Å². The molecule has 0 radical (unpaired) electrons. The molecule has 116 valence electrons. The van der Waals surface area contributed by atoms with Gasteiger partial charge in [-0.05, 0) is 43.5 Å². The fourth-order valence-electron chi connectivity index (χ4n) is 3.36. The third-order valence-corrected chi connectivity index (χ3v) is 4.32. The lowest BCUT2D eigenvalue weighted by molar-refractivity contribution is -0.117. The number of fused-ring (bicyclic) bond motifs is 1. The van der Waals surface area contributed by atoms with Crippen molar-refractivity contribution in [2.24, 2.45) is 0 Å². The number of carbonyl (C=O) groups is 1. The van der Waals surface area contributed by atoms with E-state index < -0.39 is 0 Å². The normalized spacial score (nSPS) is 14.9. The first-order valence-corrected chi connectivity index (χ1v) is 7.71. The van der Waals surface area contributed by atoms with E-state index in [1.165, 1.54) is 6.33 Å². The molecule has 0 atom stereocenters. The predicted molar refractivity (Wildman–Crippen MR) is 87.3 cm³/mol. The Hall–Kier alpha value is -2.76. The molecular formula is C17H17N5O. The van der Waals surface area contributed by atoms with E-state index in [9.17, 15) is 4.79 Å². The summed E-state index contributed by atoms with van der Waals surface area (Å²) in [6.07, 6.45) is 6.58. The van der Waals surface area contributed by atoms with Crippen molar-refractivity contribution in [2.45, 2.75) is 26.7 Å². The minimum Gasteiger partial charge on any atom is -0.312 e. The van der Waals surface area contributed by atoms with Crippen LogP contribution in [-0.4, -0.2) is 32.0 Å². The molecule has 1 aromatic carbocycles. The lowest BCUT2D eigenvalue weighted by Crippen LogP contribution is -2.25. The summed E-state index contributed by atoms with van der Waals surface area (Å²) in [5.41, 5.74) is 5.86. The number of rotatable bonds is 2. The summed E-state index contributed by atoms with van der Waals surface area (Å²) in [5.74, 6) is 0.212. The number of aryl methyl sites for hydroxylation is 2. The van der Waals surface area contributed by atoms with Crippen LogP contribution < -0.4 is 4.90 Å². The van der Waals surface area contributed by atoms with Gasteiger partial charge < -0.3 is 4.90 Å². The summed E-state index contributed by atoms with van der Waals surface area (Å²) in [6.45, 7) is 4.90. The van der Waals surface area contributed by atoms with E-state index in [1.807, 2.05) is 18.7 Å². The maximum Gasteiger partial charge on any atom is 0.227 e. The molecule has 1 aliphatic heterocycles. The van der Waals surface area contributed by atoms with Crippen molar-refractivity contribution in [3.05, 3.63) is 42.0 Å². The number of benzene rings is 1. The summed E-state index contributed by atoms with van der Waals surface area (Å²) in [5, 5.41) is 4.27. The Morgan fingerprint density at radius 2 is 1.91 bits per heavy atom. The maximum atomic E-state index is 12.1. The molecule has 0 spiro atoms. The number of nitrogens with zero attached hydrogens (tertiary/aromatic N) is 5. The van der Waals surface area contributed by atoms with Gasteiger partial charge in [0.25, 0.3) is 0 Å². The molecule has 0 saturated carbocycles. The first kappa shape index (κ1) is 13.9. The van der Waals surface area contributed by atoms with Crippen molar-refractivity contribution in [2.75, 3.05) is 11.4 Å². The van der Waals surface area contributed by atoms with Crippen molar-refractivity contribution in [1.82, 2.24) is 19.6 Å². The lowest BCUT2D eigenvalue weighted by atomic mass is 10.0. The summed E-state index contributed by atoms with van der Waals surface area (Å²) in [4.78, 5) is 22.4. The maximum absolute atomic E-state index is 12.1. The fraction of sp³-hybridized carbons (Fsp3) is 0.294. The van der Waals surface area contributed by atoms with Gasteiger partial charge in [-0.15, -0.1) is 0 Å². The molecule has 3 aromatic rings. The molecule has 0 unspecified atom stereocenters. The number of hydrogen-bond donors (Lipinski definition) is 0. The Balaban J connectivity index is 1.86. The molecule has 2 aromatic heterocycles. The number of hydrogen-bond acceptors (Lipinski definition) is 4. The minimum atomic E-state index is 0.212. The van der Waals surface area contributed by atoms with Crippen molar-refractivity contribution < 1.29 is 4.79 Å². The van der Waals surface area contributed by atoms with Crippen LogP contribution in [0.3, 0.4) is 0 Å². The van der Waals surface area contributed by atoms with Crippen LogP contribution in [0.4, 0.5) is 5.69 Å². The Kier molecular flexibility index (Phi) is 3.11. The van der Waals surface area contributed by atoms with Gasteiger partial charge in [-0.1, -0.05) is 0 Å². The largest absolute Gasteiger partial charge is 0.312 e. The smallest absolute Gasteiger partial charge is 0.227 e. The second kappa shape index (κ2) is 5.15. The SMILES string of the molecule is Cc1cc(-c2cncc3ncnn23)cc(C)c1N1CCCC1=O. The number of carbonyl (C=O) groups excluding carboxylic acids is 1. The molecule has 6 heteroatoms. The van der Waals surface area contributed by atoms with Gasteiger partial charge in [-0.25, -0.2) is 9.50 Å². The molecule has 1 fully saturated rings. The zero-order valence-electron chi connectivity index (χ0n) is 13.2. The van der Waals surface area contributed by atoms with E-state index in [4.69, 9.17) is 0 Å². The van der Waals surface area contributed by atoms with Crippen molar-refractivity contribution in [1.29, 1.82) is 0 Å². The van der Waals surface area contributed by atoms with Crippen LogP contribution in [0.2, 0.25) is 0 Å². The second-order valence-electron chi connectivity index (χ2n) is 5.93. The van der Waals surface area contributed by atoms with Gasteiger partial charge in [0.05, 0.1) is 18.1 Å². The highest BCUT2D eigenvalue weighted by atomic mass is 16.2. The molecule has 1 amide bonds. The molecule has 3 heterocycles. The number of aromatic nitrogens is 4. The van der Waals surface area contributed by atoms with Crippen molar-refractivity contribution in [3.8, 4) is 11.3 Å². The minimum absolute atomic E-state index is 0.212. The molecule has 1 saturated heterocycles. The van der Waals surface area contributed by atoms with Crippen molar-refractivity contribution in [3.63, 3.8) is 0 Å². The van der Waals surface area contributed by atoms with Gasteiger partial charge in [-0.2, -0.15) is 5.10 Å². The Morgan fingerprint density at radius 1 is 1.13 bits per heavy atom. The van der Waals surface area contributed by atoms with E-state index in [1.54, 1.807) is 16.9 Å². The lowest BCUT2D eigenvalue weighted by Gasteiger charge is -2.22. The van der Waals surface area contributed by atoms with Crippen LogP contribution >= 0.6 is 0 Å². The molecule has 0 aliphatic carbocycles. The van der Waals surface area contributed by atoms with E-state index in [2.05, 4.69) is 27.2 Å². The van der Waals surface area contributed by atoms with Gasteiger partial charge in [0, 0.05) is 24.2 Å². The van der Waals surface area contributed by atoms with Crippen LogP contribution in [-0.2, 0) is 4.79 Å². The quantitative estimate of drug-likeness (QED) is 0.730. The molecule has 23 heavy (non-hydrogen) atoms. The summed E-state index contributed by atoms with van der Waals surface area (Å²) in [7, 11) is 0. The summed E-state index contributed by atoms with van der Waals surface area (Å²) in [6, 6.07) is 4.18. The topological polar surface area (TPSA) is 63.4 Å². The molecular weight excluding hydrogens is 290 g/mol. The zero-order chi connectivity index (χ0) is 16.0. The van der Waals surface area contributed by atoms with Gasteiger partial charge in [0.15, 0.2) is 5.65 Å². The molecule has 0 bridgehead atoms. The van der Waals surface area contributed by atoms with Gasteiger partial charge in [0.2, 0.25) is 5.91 Å². The first-order chi connectivity index (χ1) is 11.1. The Morgan fingerprint density at radius 3 is 2.61 bits per heavy atom. The Labute approximate surface area is 133 Å². The predicted octanol–water partition coefficient (Wildman–Crippen LogP) is 2.53. The third-order valence-electron chi connectivity index (χ3n) is 4.32. The standard InChI is InChI=1S/C17H17N5O/c1-11-6-13(14-8-18-9-15-19-10-20-22(14)15)7-12(2)17(11)21-5-3-4-16(21)23/h6-10H,3-5H2,1-2H3. The van der Waals surface area contributed by atoms with Gasteiger partial charge >= 0.3 is 0 Å². The van der Waals surface area contributed by atoms with Crippen LogP contribution in [0.5, 0.6) is 0 Å². The summed E-state index contributed by atoms with van der Waals surface area (Å²) < 4.78 is 1.78. The highest BCUT2D eigenvalue weighted by Gasteiger charge is 2.25. The van der Waals surface area contributed by atoms with Gasteiger partial charge in [-0.3, -0.25) is 9.78 Å². The average molecular weight is 307 g/mol. The van der Waals surface area contributed by atoms with Gasteiger partial charge in [0.1, 0.15) is 6.33 Å². The van der Waals surface area contributed by atoms with Crippen LogP contribution in [0.25, 0.3) is 16.9 Å². The highest BCUT2D eigenvalue weighted by Crippen LogP contribution is 2.33. The molecule has 6 nitrogen and oxygen atoms in total. The third kappa shape index (κ3) is 2.18. The van der Waals surface area contributed by atoms with E-state index in [0.29, 0.717) is 6.42 Å². The van der Waals surface area contributed by atoms with E-state index >= 15 is 0 Å². The first-order valence-electron chi connectivity index (χ1n) is 7.71. The van der Waals surface area contributed by atoms with Crippen molar-refractivity contribution >= 4 is 17.2 Å². The van der Waals surface area contributed by atoms with Crippen LogP contribution in [0, 0.1) is 13.8 Å².